The SMILES string of the molecule is CC(CCc1ccc(O)cc1)NCCc1cccc(F)c1. The summed E-state index contributed by atoms with van der Waals surface area (Å²) >= 11 is 0. The van der Waals surface area contributed by atoms with Gasteiger partial charge in [-0.15, -0.1) is 0 Å². The summed E-state index contributed by atoms with van der Waals surface area (Å²) in [6.07, 6.45) is 2.85. The Labute approximate surface area is 125 Å². The molecule has 2 aromatic carbocycles. The van der Waals surface area contributed by atoms with Gasteiger partial charge in [-0.25, -0.2) is 4.39 Å². The number of hydrogen-bond donors (Lipinski definition) is 2. The van der Waals surface area contributed by atoms with Crippen LogP contribution in [0.25, 0.3) is 0 Å². The summed E-state index contributed by atoms with van der Waals surface area (Å²) in [5.41, 5.74) is 2.25. The summed E-state index contributed by atoms with van der Waals surface area (Å²) in [7, 11) is 0. The van der Waals surface area contributed by atoms with E-state index in [1.165, 1.54) is 11.6 Å². The van der Waals surface area contributed by atoms with Gasteiger partial charge in [0.25, 0.3) is 0 Å². The van der Waals surface area contributed by atoms with Crippen molar-refractivity contribution in [2.45, 2.75) is 32.2 Å². The van der Waals surface area contributed by atoms with Crippen LogP contribution in [0.3, 0.4) is 0 Å². The van der Waals surface area contributed by atoms with Crippen molar-refractivity contribution in [1.29, 1.82) is 0 Å². The molecule has 0 heterocycles. The molecule has 0 saturated heterocycles. The van der Waals surface area contributed by atoms with Crippen LogP contribution in [0.2, 0.25) is 0 Å². The molecule has 0 aliphatic carbocycles. The van der Waals surface area contributed by atoms with Gasteiger partial charge in [-0.2, -0.15) is 0 Å². The molecule has 2 aromatic rings. The molecule has 112 valence electrons. The molecule has 21 heavy (non-hydrogen) atoms. The van der Waals surface area contributed by atoms with Crippen molar-refractivity contribution in [2.75, 3.05) is 6.54 Å². The number of aromatic hydroxyl groups is 1. The summed E-state index contributed by atoms with van der Waals surface area (Å²) < 4.78 is 13.1. The third kappa shape index (κ3) is 5.56. The van der Waals surface area contributed by atoms with Gasteiger partial charge < -0.3 is 10.4 Å². The van der Waals surface area contributed by atoms with Crippen LogP contribution in [0.15, 0.2) is 48.5 Å². The van der Waals surface area contributed by atoms with Crippen LogP contribution >= 0.6 is 0 Å². The quantitative estimate of drug-likeness (QED) is 0.814. The molecule has 2 rings (SSSR count). The van der Waals surface area contributed by atoms with E-state index in [1.807, 2.05) is 18.2 Å². The molecule has 1 atom stereocenters. The van der Waals surface area contributed by atoms with E-state index in [9.17, 15) is 9.50 Å². The molecule has 0 aliphatic rings. The molecule has 3 heteroatoms. The fourth-order valence-electron chi connectivity index (χ4n) is 2.30. The molecule has 0 saturated carbocycles. The monoisotopic (exact) mass is 287 g/mol. The maximum absolute atomic E-state index is 13.1. The van der Waals surface area contributed by atoms with Crippen molar-refractivity contribution in [3.05, 3.63) is 65.5 Å². The zero-order chi connectivity index (χ0) is 15.1. The van der Waals surface area contributed by atoms with Gasteiger partial charge in [-0.05, 0) is 68.1 Å². The van der Waals surface area contributed by atoms with Crippen LogP contribution in [0.1, 0.15) is 24.5 Å². The second-order valence-corrected chi connectivity index (χ2v) is 5.44. The van der Waals surface area contributed by atoms with E-state index in [0.29, 0.717) is 11.8 Å². The molecular weight excluding hydrogens is 265 g/mol. The van der Waals surface area contributed by atoms with Crippen LogP contribution in [-0.4, -0.2) is 17.7 Å². The molecule has 0 fully saturated rings. The Bertz CT molecular complexity index is 553. The zero-order valence-electron chi connectivity index (χ0n) is 12.3. The predicted octanol–water partition coefficient (Wildman–Crippen LogP) is 3.68. The highest BCUT2D eigenvalue weighted by Crippen LogP contribution is 2.12. The van der Waals surface area contributed by atoms with Gasteiger partial charge in [0.2, 0.25) is 0 Å². The first-order valence-electron chi connectivity index (χ1n) is 7.39. The Morgan fingerprint density at radius 2 is 1.81 bits per heavy atom. The zero-order valence-corrected chi connectivity index (χ0v) is 12.3. The van der Waals surface area contributed by atoms with Crippen molar-refractivity contribution in [3.8, 4) is 5.75 Å². The molecule has 2 nitrogen and oxygen atoms in total. The number of phenols is 1. The highest BCUT2D eigenvalue weighted by molar-refractivity contribution is 5.25. The lowest BCUT2D eigenvalue weighted by Gasteiger charge is -2.14. The minimum Gasteiger partial charge on any atom is -0.508 e. The number of halogens is 1. The number of aryl methyl sites for hydroxylation is 1. The maximum atomic E-state index is 13.1. The lowest BCUT2D eigenvalue weighted by atomic mass is 10.1. The average Bonchev–Trinajstić information content (AvgIpc) is 2.47. The molecular formula is C18H22FNO. The van der Waals surface area contributed by atoms with Crippen molar-refractivity contribution < 1.29 is 9.50 Å². The fraction of sp³-hybridized carbons (Fsp3) is 0.333. The third-order valence-corrected chi connectivity index (χ3v) is 3.60. The highest BCUT2D eigenvalue weighted by Gasteiger charge is 2.03. The van der Waals surface area contributed by atoms with Gasteiger partial charge in [-0.1, -0.05) is 24.3 Å². The number of rotatable bonds is 7. The Balaban J connectivity index is 1.67. The first-order chi connectivity index (χ1) is 10.1. The minimum atomic E-state index is -0.173. The maximum Gasteiger partial charge on any atom is 0.123 e. The minimum absolute atomic E-state index is 0.173. The van der Waals surface area contributed by atoms with Crippen LogP contribution in [0.5, 0.6) is 5.75 Å². The largest absolute Gasteiger partial charge is 0.508 e. The Hall–Kier alpha value is -1.87. The van der Waals surface area contributed by atoms with E-state index in [4.69, 9.17) is 0 Å². The first-order valence-corrected chi connectivity index (χ1v) is 7.39. The van der Waals surface area contributed by atoms with Crippen molar-refractivity contribution in [1.82, 2.24) is 5.32 Å². The molecule has 0 aromatic heterocycles. The molecule has 0 bridgehead atoms. The summed E-state index contributed by atoms with van der Waals surface area (Å²) in [6.45, 7) is 3.01. The van der Waals surface area contributed by atoms with Crippen molar-refractivity contribution in [2.24, 2.45) is 0 Å². The summed E-state index contributed by atoms with van der Waals surface area (Å²) in [5, 5.41) is 12.7. The standard InChI is InChI=1S/C18H22FNO/c1-14(5-6-15-7-9-18(21)10-8-15)20-12-11-16-3-2-4-17(19)13-16/h2-4,7-10,13-14,20-21H,5-6,11-12H2,1H3. The van der Waals surface area contributed by atoms with Gasteiger partial charge in [0.1, 0.15) is 11.6 Å². The topological polar surface area (TPSA) is 32.3 Å². The fourth-order valence-corrected chi connectivity index (χ4v) is 2.30. The second kappa shape index (κ2) is 7.79. The number of phenolic OH excluding ortho intramolecular Hbond substituents is 1. The first kappa shape index (κ1) is 15.5. The lowest BCUT2D eigenvalue weighted by molar-refractivity contribution is 0.474. The molecule has 1 unspecified atom stereocenters. The van der Waals surface area contributed by atoms with Crippen LogP contribution in [-0.2, 0) is 12.8 Å². The highest BCUT2D eigenvalue weighted by atomic mass is 19.1. The van der Waals surface area contributed by atoms with E-state index >= 15 is 0 Å². The van der Waals surface area contributed by atoms with Crippen LogP contribution < -0.4 is 5.32 Å². The normalized spacial score (nSPS) is 12.3. The van der Waals surface area contributed by atoms with E-state index in [1.54, 1.807) is 24.3 Å². The third-order valence-electron chi connectivity index (χ3n) is 3.60. The average molecular weight is 287 g/mol. The van der Waals surface area contributed by atoms with Gasteiger partial charge in [0, 0.05) is 6.04 Å². The smallest absolute Gasteiger partial charge is 0.123 e. The van der Waals surface area contributed by atoms with Crippen LogP contribution in [0.4, 0.5) is 4.39 Å². The van der Waals surface area contributed by atoms with Crippen molar-refractivity contribution in [3.63, 3.8) is 0 Å². The molecule has 0 radical (unpaired) electrons. The Morgan fingerprint density at radius 1 is 1.05 bits per heavy atom. The van der Waals surface area contributed by atoms with E-state index in [0.717, 1.165) is 31.4 Å². The summed E-state index contributed by atoms with van der Waals surface area (Å²) in [6, 6.07) is 14.5. The van der Waals surface area contributed by atoms with Crippen molar-refractivity contribution >= 4 is 0 Å². The van der Waals surface area contributed by atoms with E-state index in [-0.39, 0.29) is 5.82 Å². The summed E-state index contributed by atoms with van der Waals surface area (Å²) in [5.74, 6) is 0.132. The van der Waals surface area contributed by atoms with Crippen LogP contribution in [0, 0.1) is 5.82 Å². The Morgan fingerprint density at radius 3 is 2.52 bits per heavy atom. The van der Waals surface area contributed by atoms with Gasteiger partial charge in [0.15, 0.2) is 0 Å². The Kier molecular flexibility index (Phi) is 5.76. The van der Waals surface area contributed by atoms with Gasteiger partial charge in [-0.3, -0.25) is 0 Å². The second-order valence-electron chi connectivity index (χ2n) is 5.44. The van der Waals surface area contributed by atoms with E-state index < -0.39 is 0 Å². The number of nitrogens with one attached hydrogen (secondary N) is 1. The number of benzene rings is 2. The molecule has 0 spiro atoms. The lowest BCUT2D eigenvalue weighted by Crippen LogP contribution is -2.28. The van der Waals surface area contributed by atoms with Gasteiger partial charge in [0.05, 0.1) is 0 Å². The molecule has 0 aliphatic heterocycles. The number of hydrogen-bond acceptors (Lipinski definition) is 2. The van der Waals surface area contributed by atoms with E-state index in [2.05, 4.69) is 12.2 Å². The predicted molar refractivity (Wildman–Crippen MR) is 84.0 cm³/mol. The van der Waals surface area contributed by atoms with Gasteiger partial charge >= 0.3 is 0 Å². The molecule has 0 amide bonds. The molecule has 2 N–H and O–H groups in total. The summed E-state index contributed by atoms with van der Waals surface area (Å²) in [4.78, 5) is 0.